The lowest BCUT2D eigenvalue weighted by molar-refractivity contribution is 0.0928. The van der Waals surface area contributed by atoms with Crippen LogP contribution in [0.25, 0.3) is 0 Å². The summed E-state index contributed by atoms with van der Waals surface area (Å²) >= 11 is 3.53. The molecule has 1 heterocycles. The first kappa shape index (κ1) is 10.5. The third kappa shape index (κ3) is 2.34. The average molecular weight is 274 g/mol. The maximum Gasteiger partial charge on any atom is 0.293 e. The summed E-state index contributed by atoms with van der Waals surface area (Å²) in [5, 5.41) is 14.0. The van der Waals surface area contributed by atoms with E-state index in [2.05, 4.69) is 36.7 Å². The molecule has 1 N–H and O–H groups in total. The fourth-order valence-corrected chi connectivity index (χ4v) is 2.41. The molecule has 0 radical (unpaired) electrons. The Labute approximate surface area is 95.5 Å². The van der Waals surface area contributed by atoms with E-state index in [0.717, 1.165) is 19.3 Å². The molecule has 1 aliphatic carbocycles. The Morgan fingerprint density at radius 2 is 2.40 bits per heavy atom. The molecule has 1 aliphatic rings. The molecule has 1 aromatic rings. The zero-order valence-corrected chi connectivity index (χ0v) is 9.94. The highest BCUT2D eigenvalue weighted by Gasteiger charge is 2.27. The van der Waals surface area contributed by atoms with Gasteiger partial charge in [-0.3, -0.25) is 4.79 Å². The van der Waals surface area contributed by atoms with Gasteiger partial charge >= 0.3 is 0 Å². The minimum absolute atomic E-state index is 0.129. The van der Waals surface area contributed by atoms with Gasteiger partial charge in [-0.05, 0) is 18.1 Å². The van der Waals surface area contributed by atoms with Gasteiger partial charge in [0, 0.05) is 10.9 Å². The van der Waals surface area contributed by atoms with E-state index in [1.807, 2.05) is 0 Å². The van der Waals surface area contributed by atoms with Gasteiger partial charge in [0.1, 0.15) is 0 Å². The molecule has 7 heteroatoms. The molecule has 0 aromatic carbocycles. The number of hydrogen-bond donors (Lipinski definition) is 1. The maximum atomic E-state index is 11.6. The van der Waals surface area contributed by atoms with Gasteiger partial charge < -0.3 is 5.32 Å². The van der Waals surface area contributed by atoms with Crippen LogP contribution in [-0.2, 0) is 7.05 Å². The van der Waals surface area contributed by atoms with Crippen LogP contribution in [-0.4, -0.2) is 37.0 Å². The van der Waals surface area contributed by atoms with Crippen LogP contribution in [0, 0.1) is 0 Å². The van der Waals surface area contributed by atoms with Crippen molar-refractivity contribution in [2.45, 2.75) is 30.1 Å². The Morgan fingerprint density at radius 3 is 2.93 bits per heavy atom. The molecule has 1 aromatic heterocycles. The van der Waals surface area contributed by atoms with Gasteiger partial charge in [0.2, 0.25) is 0 Å². The molecule has 0 spiro atoms. The number of aryl methyl sites for hydroxylation is 1. The topological polar surface area (TPSA) is 72.7 Å². The van der Waals surface area contributed by atoms with Gasteiger partial charge in [-0.25, -0.2) is 0 Å². The summed E-state index contributed by atoms with van der Waals surface area (Å²) < 4.78 is 0. The van der Waals surface area contributed by atoms with Gasteiger partial charge in [-0.15, -0.1) is 10.2 Å². The Hall–Kier alpha value is -0.980. The molecule has 2 atom stereocenters. The van der Waals surface area contributed by atoms with Crippen LogP contribution in [0.2, 0.25) is 0 Å². The summed E-state index contributed by atoms with van der Waals surface area (Å²) in [5.74, 6) is -0.122. The Balaban J connectivity index is 1.97. The Kier molecular flexibility index (Phi) is 2.99. The molecule has 1 amide bonds. The number of halogens is 1. The van der Waals surface area contributed by atoms with Crippen LogP contribution in [0.4, 0.5) is 0 Å². The van der Waals surface area contributed by atoms with Crippen molar-refractivity contribution in [2.75, 3.05) is 0 Å². The second-order valence-corrected chi connectivity index (χ2v) is 4.81. The minimum atomic E-state index is -0.251. The number of alkyl halides is 1. The normalized spacial score (nSPS) is 25.5. The fourth-order valence-electron chi connectivity index (χ4n) is 1.69. The molecule has 0 aliphatic heterocycles. The molecule has 0 saturated heterocycles. The van der Waals surface area contributed by atoms with Crippen LogP contribution in [0.5, 0.6) is 0 Å². The van der Waals surface area contributed by atoms with Gasteiger partial charge in [0.15, 0.2) is 0 Å². The van der Waals surface area contributed by atoms with E-state index >= 15 is 0 Å². The molecular weight excluding hydrogens is 262 g/mol. The summed E-state index contributed by atoms with van der Waals surface area (Å²) in [5.41, 5.74) is 0. The zero-order chi connectivity index (χ0) is 10.8. The number of carbonyl (C=O) groups excluding carboxylic acids is 1. The van der Waals surface area contributed by atoms with Crippen molar-refractivity contribution >= 4 is 21.8 Å². The van der Waals surface area contributed by atoms with Crippen molar-refractivity contribution in [1.82, 2.24) is 25.5 Å². The van der Waals surface area contributed by atoms with Crippen LogP contribution in [0.15, 0.2) is 0 Å². The second kappa shape index (κ2) is 4.26. The van der Waals surface area contributed by atoms with Crippen molar-refractivity contribution in [1.29, 1.82) is 0 Å². The van der Waals surface area contributed by atoms with Crippen LogP contribution in [0.3, 0.4) is 0 Å². The van der Waals surface area contributed by atoms with Crippen molar-refractivity contribution < 1.29 is 4.79 Å². The lowest BCUT2D eigenvalue weighted by Crippen LogP contribution is -2.38. The first-order valence-electron chi connectivity index (χ1n) is 4.86. The first-order valence-corrected chi connectivity index (χ1v) is 5.77. The fraction of sp³-hybridized carbons (Fsp3) is 0.750. The summed E-state index contributed by atoms with van der Waals surface area (Å²) in [6, 6.07) is 0.182. The van der Waals surface area contributed by atoms with E-state index in [-0.39, 0.29) is 17.8 Å². The van der Waals surface area contributed by atoms with E-state index in [1.165, 1.54) is 4.80 Å². The van der Waals surface area contributed by atoms with Crippen molar-refractivity contribution in [3.63, 3.8) is 0 Å². The van der Waals surface area contributed by atoms with Crippen molar-refractivity contribution in [3.05, 3.63) is 5.82 Å². The van der Waals surface area contributed by atoms with Crippen LogP contribution in [0.1, 0.15) is 29.9 Å². The summed E-state index contributed by atoms with van der Waals surface area (Å²) in [4.78, 5) is 13.3. The monoisotopic (exact) mass is 273 g/mol. The van der Waals surface area contributed by atoms with Gasteiger partial charge in [-0.2, -0.15) is 4.80 Å². The third-order valence-corrected chi connectivity index (χ3v) is 3.56. The van der Waals surface area contributed by atoms with Gasteiger partial charge in [0.05, 0.1) is 7.05 Å². The minimum Gasteiger partial charge on any atom is -0.345 e. The lowest BCUT2D eigenvalue weighted by Gasteiger charge is -2.14. The molecule has 82 valence electrons. The number of rotatable bonds is 2. The van der Waals surface area contributed by atoms with E-state index in [1.54, 1.807) is 7.05 Å². The third-order valence-electron chi connectivity index (χ3n) is 2.46. The summed E-state index contributed by atoms with van der Waals surface area (Å²) in [6.45, 7) is 0. The maximum absolute atomic E-state index is 11.6. The number of amides is 1. The van der Waals surface area contributed by atoms with Gasteiger partial charge in [0.25, 0.3) is 11.7 Å². The smallest absolute Gasteiger partial charge is 0.293 e. The van der Waals surface area contributed by atoms with Crippen molar-refractivity contribution in [2.24, 2.45) is 7.05 Å². The van der Waals surface area contributed by atoms with E-state index in [9.17, 15) is 4.79 Å². The highest BCUT2D eigenvalue weighted by molar-refractivity contribution is 9.09. The first-order chi connectivity index (χ1) is 7.16. The zero-order valence-electron chi connectivity index (χ0n) is 8.35. The molecule has 15 heavy (non-hydrogen) atoms. The molecule has 1 fully saturated rings. The molecule has 1 saturated carbocycles. The Bertz CT molecular complexity index is 366. The van der Waals surface area contributed by atoms with Crippen LogP contribution < -0.4 is 5.32 Å². The quantitative estimate of drug-likeness (QED) is 0.785. The molecule has 0 bridgehead atoms. The van der Waals surface area contributed by atoms with E-state index < -0.39 is 0 Å². The number of aromatic nitrogens is 4. The van der Waals surface area contributed by atoms with Gasteiger partial charge in [-0.1, -0.05) is 22.4 Å². The number of nitrogens with one attached hydrogen (secondary N) is 1. The predicted octanol–water partition coefficient (Wildman–Crippen LogP) is 0.256. The standard InChI is InChI=1S/C8H12BrN5O/c1-14-12-7(11-13-14)8(15)10-6-4-2-3-5(6)9/h5-6H,2-4H2,1H3,(H,10,15). The highest BCUT2D eigenvalue weighted by Crippen LogP contribution is 2.25. The number of tetrazole rings is 1. The SMILES string of the molecule is Cn1nnc(C(=O)NC2CCCC2Br)n1. The molecular formula is C8H12BrN5O. The average Bonchev–Trinajstić information content (AvgIpc) is 2.77. The van der Waals surface area contributed by atoms with Crippen molar-refractivity contribution in [3.8, 4) is 0 Å². The molecule has 2 rings (SSSR count). The summed E-state index contributed by atoms with van der Waals surface area (Å²) in [6.07, 6.45) is 3.23. The number of carbonyl (C=O) groups is 1. The van der Waals surface area contributed by atoms with E-state index in [4.69, 9.17) is 0 Å². The summed E-state index contributed by atoms with van der Waals surface area (Å²) in [7, 11) is 1.63. The Morgan fingerprint density at radius 1 is 1.60 bits per heavy atom. The number of hydrogen-bond acceptors (Lipinski definition) is 4. The largest absolute Gasteiger partial charge is 0.345 e. The molecule has 2 unspecified atom stereocenters. The lowest BCUT2D eigenvalue weighted by atomic mass is 10.2. The van der Waals surface area contributed by atoms with E-state index in [0.29, 0.717) is 4.83 Å². The van der Waals surface area contributed by atoms with Crippen LogP contribution >= 0.6 is 15.9 Å². The molecule has 6 nitrogen and oxygen atoms in total. The number of nitrogens with zero attached hydrogens (tertiary/aromatic N) is 4. The predicted molar refractivity (Wildman–Crippen MR) is 56.6 cm³/mol. The highest BCUT2D eigenvalue weighted by atomic mass is 79.9. The second-order valence-electron chi connectivity index (χ2n) is 3.63.